The number of carbonyl (C=O) groups is 1. The van der Waals surface area contributed by atoms with Crippen molar-refractivity contribution in [2.45, 2.75) is 26.8 Å². The van der Waals surface area contributed by atoms with Gasteiger partial charge in [0.25, 0.3) is 0 Å². The van der Waals surface area contributed by atoms with Crippen molar-refractivity contribution in [1.82, 2.24) is 25.1 Å². The van der Waals surface area contributed by atoms with E-state index >= 15 is 0 Å². The number of hydrogen-bond donors (Lipinski definition) is 1. The third-order valence-corrected chi connectivity index (χ3v) is 3.83. The molecule has 1 saturated heterocycles. The Morgan fingerprint density at radius 3 is 2.72 bits per heavy atom. The van der Waals surface area contributed by atoms with E-state index in [9.17, 15) is 9.90 Å². The summed E-state index contributed by atoms with van der Waals surface area (Å²) < 4.78 is 0. The minimum absolute atomic E-state index is 0.120. The molecule has 0 radical (unpaired) electrons. The van der Waals surface area contributed by atoms with Crippen LogP contribution in [0.2, 0.25) is 0 Å². The molecule has 0 amide bonds. The summed E-state index contributed by atoms with van der Waals surface area (Å²) in [5, 5.41) is 21.3. The number of tetrazole rings is 1. The van der Waals surface area contributed by atoms with Crippen LogP contribution >= 0.6 is 0 Å². The molecule has 2 rings (SSSR count). The Labute approximate surface area is 106 Å². The molecule has 7 nitrogen and oxygen atoms in total. The Kier molecular flexibility index (Phi) is 3.34. The molecule has 1 aromatic rings. The molecule has 1 N–H and O–H groups in total. The first-order valence-electron chi connectivity index (χ1n) is 6.12. The number of hydrogen-bond acceptors (Lipinski definition) is 5. The third-order valence-electron chi connectivity index (χ3n) is 3.83. The molecular formula is C11H19N5O2. The van der Waals surface area contributed by atoms with Crippen LogP contribution < -0.4 is 0 Å². The Balaban J connectivity index is 2.05. The fourth-order valence-electron chi connectivity index (χ4n) is 2.53. The highest BCUT2D eigenvalue weighted by Crippen LogP contribution is 2.38. The molecule has 1 aliphatic rings. The van der Waals surface area contributed by atoms with Crippen molar-refractivity contribution in [3.63, 3.8) is 0 Å². The van der Waals surface area contributed by atoms with Crippen LogP contribution in [0.1, 0.15) is 26.1 Å². The van der Waals surface area contributed by atoms with E-state index in [2.05, 4.69) is 20.3 Å². The number of rotatable bonds is 4. The number of aliphatic carboxylic acids is 1. The summed E-state index contributed by atoms with van der Waals surface area (Å²) in [5.74, 6) is 0.0596. The molecule has 1 fully saturated rings. The average molecular weight is 253 g/mol. The van der Waals surface area contributed by atoms with Crippen molar-refractivity contribution in [3.05, 3.63) is 5.82 Å². The zero-order chi connectivity index (χ0) is 13.3. The van der Waals surface area contributed by atoms with Crippen molar-refractivity contribution in [2.24, 2.45) is 18.4 Å². The topological polar surface area (TPSA) is 84.1 Å². The van der Waals surface area contributed by atoms with Gasteiger partial charge in [-0.2, -0.15) is 4.80 Å². The van der Waals surface area contributed by atoms with E-state index in [0.717, 1.165) is 6.54 Å². The SMILES string of the molecule is CC(C)C1(C(=O)O)CCN(Cc2nnn(C)n2)C1. The second kappa shape index (κ2) is 4.64. The number of nitrogens with zero attached hydrogens (tertiary/aromatic N) is 5. The normalized spacial score (nSPS) is 24.9. The summed E-state index contributed by atoms with van der Waals surface area (Å²) in [6, 6.07) is 0. The molecule has 2 heterocycles. The molecule has 7 heteroatoms. The lowest BCUT2D eigenvalue weighted by atomic mass is 9.76. The van der Waals surface area contributed by atoms with Gasteiger partial charge in [-0.15, -0.1) is 10.2 Å². The van der Waals surface area contributed by atoms with E-state index in [1.807, 2.05) is 13.8 Å². The Bertz CT molecular complexity index is 444. The van der Waals surface area contributed by atoms with Gasteiger partial charge in [0.05, 0.1) is 19.0 Å². The highest BCUT2D eigenvalue weighted by Gasteiger charge is 2.47. The molecular weight excluding hydrogens is 234 g/mol. The molecule has 1 atom stereocenters. The van der Waals surface area contributed by atoms with Crippen molar-refractivity contribution >= 4 is 5.97 Å². The van der Waals surface area contributed by atoms with Gasteiger partial charge >= 0.3 is 5.97 Å². The molecule has 1 aromatic heterocycles. The summed E-state index contributed by atoms with van der Waals surface area (Å²) in [7, 11) is 1.72. The Hall–Kier alpha value is -1.50. The summed E-state index contributed by atoms with van der Waals surface area (Å²) in [4.78, 5) is 15.0. The van der Waals surface area contributed by atoms with Crippen LogP contribution in [0.5, 0.6) is 0 Å². The fraction of sp³-hybridized carbons (Fsp3) is 0.818. The van der Waals surface area contributed by atoms with Gasteiger partial charge in [0.15, 0.2) is 5.82 Å². The van der Waals surface area contributed by atoms with Crippen LogP contribution in [0, 0.1) is 11.3 Å². The van der Waals surface area contributed by atoms with Crippen molar-refractivity contribution in [2.75, 3.05) is 13.1 Å². The maximum atomic E-state index is 11.5. The van der Waals surface area contributed by atoms with E-state index < -0.39 is 11.4 Å². The predicted octanol–water partition coefficient (Wildman–Crippen LogP) is 0.143. The van der Waals surface area contributed by atoms with Crippen LogP contribution in [0.15, 0.2) is 0 Å². The van der Waals surface area contributed by atoms with Crippen LogP contribution in [0.4, 0.5) is 0 Å². The monoisotopic (exact) mass is 253 g/mol. The van der Waals surface area contributed by atoms with E-state index in [1.165, 1.54) is 4.80 Å². The van der Waals surface area contributed by atoms with Crippen LogP contribution in [0.25, 0.3) is 0 Å². The zero-order valence-electron chi connectivity index (χ0n) is 11.0. The van der Waals surface area contributed by atoms with Gasteiger partial charge in [-0.25, -0.2) is 0 Å². The quantitative estimate of drug-likeness (QED) is 0.822. The van der Waals surface area contributed by atoms with E-state index in [4.69, 9.17) is 0 Å². The predicted molar refractivity (Wildman–Crippen MR) is 63.6 cm³/mol. The van der Waals surface area contributed by atoms with Crippen molar-refractivity contribution < 1.29 is 9.90 Å². The summed E-state index contributed by atoms with van der Waals surface area (Å²) in [6.07, 6.45) is 0.681. The van der Waals surface area contributed by atoms with Gasteiger partial charge in [0, 0.05) is 6.54 Å². The van der Waals surface area contributed by atoms with Crippen LogP contribution in [-0.2, 0) is 18.4 Å². The lowest BCUT2D eigenvalue weighted by Gasteiger charge is -2.28. The second-order valence-corrected chi connectivity index (χ2v) is 5.27. The number of likely N-dealkylation sites (tertiary alicyclic amines) is 1. The minimum Gasteiger partial charge on any atom is -0.481 e. The molecule has 1 aliphatic heterocycles. The average Bonchev–Trinajstić information content (AvgIpc) is 2.86. The van der Waals surface area contributed by atoms with Gasteiger partial charge in [0.1, 0.15) is 0 Å². The maximum absolute atomic E-state index is 11.5. The van der Waals surface area contributed by atoms with Gasteiger partial charge in [-0.3, -0.25) is 9.69 Å². The number of aromatic nitrogens is 4. The second-order valence-electron chi connectivity index (χ2n) is 5.27. The van der Waals surface area contributed by atoms with Crippen molar-refractivity contribution in [1.29, 1.82) is 0 Å². The molecule has 0 saturated carbocycles. The molecule has 0 aliphatic carbocycles. The zero-order valence-corrected chi connectivity index (χ0v) is 11.0. The first kappa shape index (κ1) is 12.9. The Morgan fingerprint density at radius 2 is 2.28 bits per heavy atom. The van der Waals surface area contributed by atoms with Crippen LogP contribution in [-0.4, -0.2) is 49.3 Å². The third kappa shape index (κ3) is 2.22. The highest BCUT2D eigenvalue weighted by molar-refractivity contribution is 5.75. The largest absolute Gasteiger partial charge is 0.481 e. The summed E-state index contributed by atoms with van der Waals surface area (Å²) >= 11 is 0. The standard InChI is InChI=1S/C11H19N5O2/c1-8(2)11(10(17)18)4-5-16(7-11)6-9-12-14-15(3)13-9/h8H,4-7H2,1-3H3,(H,17,18). The van der Waals surface area contributed by atoms with Gasteiger partial charge in [-0.1, -0.05) is 13.8 Å². The maximum Gasteiger partial charge on any atom is 0.311 e. The molecule has 0 aromatic carbocycles. The number of carboxylic acids is 1. The molecule has 18 heavy (non-hydrogen) atoms. The number of carboxylic acid groups (broad SMARTS) is 1. The summed E-state index contributed by atoms with van der Waals surface area (Å²) in [6.45, 7) is 5.83. The lowest BCUT2D eigenvalue weighted by molar-refractivity contribution is -0.151. The van der Waals surface area contributed by atoms with Crippen LogP contribution in [0.3, 0.4) is 0 Å². The minimum atomic E-state index is -0.702. The first-order chi connectivity index (χ1) is 8.44. The van der Waals surface area contributed by atoms with E-state index in [-0.39, 0.29) is 5.92 Å². The van der Waals surface area contributed by atoms with E-state index in [1.54, 1.807) is 7.05 Å². The lowest BCUT2D eigenvalue weighted by Crippen LogP contribution is -2.39. The molecule has 0 spiro atoms. The smallest absolute Gasteiger partial charge is 0.311 e. The Morgan fingerprint density at radius 1 is 1.56 bits per heavy atom. The van der Waals surface area contributed by atoms with E-state index in [0.29, 0.717) is 25.3 Å². The fourth-order valence-corrected chi connectivity index (χ4v) is 2.53. The van der Waals surface area contributed by atoms with Gasteiger partial charge in [0.2, 0.25) is 0 Å². The number of aryl methyl sites for hydroxylation is 1. The highest BCUT2D eigenvalue weighted by atomic mass is 16.4. The summed E-state index contributed by atoms with van der Waals surface area (Å²) in [5.41, 5.74) is -0.637. The van der Waals surface area contributed by atoms with Gasteiger partial charge in [-0.05, 0) is 24.1 Å². The first-order valence-corrected chi connectivity index (χ1v) is 6.12. The van der Waals surface area contributed by atoms with Crippen molar-refractivity contribution in [3.8, 4) is 0 Å². The van der Waals surface area contributed by atoms with Gasteiger partial charge < -0.3 is 5.11 Å². The molecule has 0 bridgehead atoms. The molecule has 1 unspecified atom stereocenters. The molecule has 100 valence electrons.